The largest absolute Gasteiger partial charge is 0.467 e. The number of benzene rings is 1. The summed E-state index contributed by atoms with van der Waals surface area (Å²) in [7, 11) is 1.23. The van der Waals surface area contributed by atoms with Crippen LogP contribution in [-0.2, 0) is 9.53 Å². The number of nitrogens with zero attached hydrogens (tertiary/aromatic N) is 1. The lowest BCUT2D eigenvalue weighted by Gasteiger charge is -2.25. The summed E-state index contributed by atoms with van der Waals surface area (Å²) in [6.07, 6.45) is 0.205. The van der Waals surface area contributed by atoms with Gasteiger partial charge in [0.2, 0.25) is 5.67 Å². The first-order chi connectivity index (χ1) is 8.57. The van der Waals surface area contributed by atoms with Crippen molar-refractivity contribution in [3.8, 4) is 0 Å². The van der Waals surface area contributed by atoms with Gasteiger partial charge in [-0.15, -0.1) is 0 Å². The quantitative estimate of drug-likeness (QED) is 0.772. The van der Waals surface area contributed by atoms with E-state index in [2.05, 4.69) is 4.74 Å². The first-order valence-corrected chi connectivity index (χ1v) is 6.13. The molecule has 0 radical (unpaired) electrons. The van der Waals surface area contributed by atoms with Crippen LogP contribution in [0.1, 0.15) is 24.9 Å². The van der Waals surface area contributed by atoms with Gasteiger partial charge >= 0.3 is 5.97 Å². The molecule has 1 fully saturated rings. The topological polar surface area (TPSA) is 29.5 Å². The van der Waals surface area contributed by atoms with E-state index in [1.807, 2.05) is 42.2 Å². The van der Waals surface area contributed by atoms with Gasteiger partial charge in [-0.25, -0.2) is 9.18 Å². The number of carbonyl (C=O) groups excluding carboxylic acids is 1. The summed E-state index contributed by atoms with van der Waals surface area (Å²) in [6, 6.07) is 10.0. The minimum absolute atomic E-state index is 0.105. The van der Waals surface area contributed by atoms with E-state index >= 15 is 0 Å². The zero-order valence-corrected chi connectivity index (χ0v) is 10.7. The van der Waals surface area contributed by atoms with Gasteiger partial charge in [0.1, 0.15) is 0 Å². The van der Waals surface area contributed by atoms with Gasteiger partial charge in [-0.1, -0.05) is 30.3 Å². The van der Waals surface area contributed by atoms with Crippen molar-refractivity contribution in [2.24, 2.45) is 0 Å². The van der Waals surface area contributed by atoms with Crippen molar-refractivity contribution in [1.82, 2.24) is 4.90 Å². The Morgan fingerprint density at radius 2 is 2.11 bits per heavy atom. The fourth-order valence-electron chi connectivity index (χ4n) is 2.42. The number of likely N-dealkylation sites (tertiary alicyclic amines) is 1. The van der Waals surface area contributed by atoms with Crippen LogP contribution in [0.25, 0.3) is 0 Å². The van der Waals surface area contributed by atoms with Crippen molar-refractivity contribution in [3.63, 3.8) is 0 Å². The Kier molecular flexibility index (Phi) is 3.66. The third kappa shape index (κ3) is 2.38. The van der Waals surface area contributed by atoms with Crippen molar-refractivity contribution in [2.45, 2.75) is 25.1 Å². The molecule has 0 N–H and O–H groups in total. The lowest BCUT2D eigenvalue weighted by molar-refractivity contribution is -0.153. The van der Waals surface area contributed by atoms with Crippen molar-refractivity contribution in [3.05, 3.63) is 35.9 Å². The van der Waals surface area contributed by atoms with Crippen molar-refractivity contribution in [2.75, 3.05) is 20.2 Å². The Labute approximate surface area is 107 Å². The molecule has 0 spiro atoms. The maximum atomic E-state index is 14.3. The Morgan fingerprint density at radius 3 is 2.72 bits per heavy atom. The molecule has 1 aliphatic heterocycles. The van der Waals surface area contributed by atoms with E-state index in [1.165, 1.54) is 7.11 Å². The normalized spacial score (nSPS) is 25.9. The number of alkyl halides is 1. The van der Waals surface area contributed by atoms with Crippen LogP contribution in [0, 0.1) is 0 Å². The Hall–Kier alpha value is -1.42. The lowest BCUT2D eigenvalue weighted by Crippen LogP contribution is -2.38. The molecule has 0 amide bonds. The van der Waals surface area contributed by atoms with Crippen molar-refractivity contribution in [1.29, 1.82) is 0 Å². The third-order valence-corrected chi connectivity index (χ3v) is 3.63. The Bertz CT molecular complexity index is 423. The predicted octanol–water partition coefficient (Wildman–Crippen LogP) is 2.33. The van der Waals surface area contributed by atoms with Crippen LogP contribution in [0.4, 0.5) is 4.39 Å². The monoisotopic (exact) mass is 251 g/mol. The van der Waals surface area contributed by atoms with Gasteiger partial charge in [0.15, 0.2) is 0 Å². The van der Waals surface area contributed by atoms with Gasteiger partial charge in [-0.05, 0) is 12.5 Å². The second-order valence-electron chi connectivity index (χ2n) is 4.76. The van der Waals surface area contributed by atoms with E-state index in [-0.39, 0.29) is 19.0 Å². The van der Waals surface area contributed by atoms with Crippen LogP contribution in [0.2, 0.25) is 0 Å². The van der Waals surface area contributed by atoms with Gasteiger partial charge in [0.25, 0.3) is 0 Å². The summed E-state index contributed by atoms with van der Waals surface area (Å²) in [5, 5.41) is 0. The number of hydrogen-bond donors (Lipinski definition) is 0. The Balaban J connectivity index is 2.07. The second-order valence-corrected chi connectivity index (χ2v) is 4.76. The molecule has 4 heteroatoms. The fourth-order valence-corrected chi connectivity index (χ4v) is 2.42. The van der Waals surface area contributed by atoms with E-state index in [9.17, 15) is 9.18 Å². The van der Waals surface area contributed by atoms with E-state index in [1.54, 1.807) is 0 Å². The summed E-state index contributed by atoms with van der Waals surface area (Å²) < 4.78 is 18.8. The van der Waals surface area contributed by atoms with E-state index in [0.717, 1.165) is 5.56 Å². The van der Waals surface area contributed by atoms with Gasteiger partial charge in [0, 0.05) is 25.6 Å². The van der Waals surface area contributed by atoms with Crippen molar-refractivity contribution >= 4 is 5.97 Å². The molecule has 1 aromatic rings. The molecule has 1 heterocycles. The maximum absolute atomic E-state index is 14.3. The minimum atomic E-state index is -1.85. The standard InChI is InChI=1S/C14H18FNO2/c1-11(12-6-4-3-5-7-12)16-9-8-14(15,10-16)13(17)18-2/h3-7,11H,8-10H2,1-2H3/t11-,14-/m0/s1. The second kappa shape index (κ2) is 5.06. The zero-order chi connectivity index (χ0) is 13.2. The van der Waals surface area contributed by atoms with Gasteiger partial charge in [-0.2, -0.15) is 0 Å². The van der Waals surface area contributed by atoms with Crippen molar-refractivity contribution < 1.29 is 13.9 Å². The molecule has 0 saturated carbocycles. The highest BCUT2D eigenvalue weighted by atomic mass is 19.1. The lowest BCUT2D eigenvalue weighted by atomic mass is 10.1. The molecule has 0 unspecified atom stereocenters. The third-order valence-electron chi connectivity index (χ3n) is 3.63. The summed E-state index contributed by atoms with van der Waals surface area (Å²) >= 11 is 0. The number of esters is 1. The molecule has 2 rings (SSSR count). The van der Waals surface area contributed by atoms with Crippen LogP contribution in [-0.4, -0.2) is 36.7 Å². The number of rotatable bonds is 3. The SMILES string of the molecule is COC(=O)[C@]1(F)CCN([C@@H](C)c2ccccc2)C1. The molecule has 98 valence electrons. The van der Waals surface area contributed by atoms with Gasteiger partial charge in [0.05, 0.1) is 7.11 Å². The van der Waals surface area contributed by atoms with Crippen LogP contribution < -0.4 is 0 Å². The average Bonchev–Trinajstić information content (AvgIpc) is 2.82. The van der Waals surface area contributed by atoms with Crippen LogP contribution in [0.3, 0.4) is 0 Å². The molecule has 0 bridgehead atoms. The minimum Gasteiger partial charge on any atom is -0.467 e. The first-order valence-electron chi connectivity index (χ1n) is 6.13. The molecule has 0 aromatic heterocycles. The highest BCUT2D eigenvalue weighted by Crippen LogP contribution is 2.32. The Morgan fingerprint density at radius 1 is 1.44 bits per heavy atom. The highest BCUT2D eigenvalue weighted by Gasteiger charge is 2.47. The molecular formula is C14H18FNO2. The fraction of sp³-hybridized carbons (Fsp3) is 0.500. The number of carbonyl (C=O) groups is 1. The van der Waals surface area contributed by atoms with E-state index in [4.69, 9.17) is 0 Å². The van der Waals surface area contributed by atoms with Gasteiger partial charge in [-0.3, -0.25) is 4.90 Å². The summed E-state index contributed by atoms with van der Waals surface area (Å²) in [5.41, 5.74) is -0.718. The molecule has 1 aromatic carbocycles. The maximum Gasteiger partial charge on any atom is 0.345 e. The summed E-state index contributed by atoms with van der Waals surface area (Å²) in [5.74, 6) is -0.759. The molecular weight excluding hydrogens is 233 g/mol. The molecule has 18 heavy (non-hydrogen) atoms. The number of methoxy groups -OCH3 is 1. The number of hydrogen-bond acceptors (Lipinski definition) is 3. The molecule has 0 aliphatic carbocycles. The first kappa shape index (κ1) is 13.0. The molecule has 2 atom stereocenters. The molecule has 3 nitrogen and oxygen atoms in total. The number of ether oxygens (including phenoxy) is 1. The van der Waals surface area contributed by atoms with Gasteiger partial charge < -0.3 is 4.74 Å². The van der Waals surface area contributed by atoms with Crippen LogP contribution in [0.15, 0.2) is 30.3 Å². The van der Waals surface area contributed by atoms with E-state index in [0.29, 0.717) is 6.54 Å². The number of halogens is 1. The smallest absolute Gasteiger partial charge is 0.345 e. The molecule has 1 saturated heterocycles. The highest BCUT2D eigenvalue weighted by molar-refractivity contribution is 5.80. The molecule has 1 aliphatic rings. The van der Waals surface area contributed by atoms with E-state index < -0.39 is 11.6 Å². The van der Waals surface area contributed by atoms with Crippen LogP contribution in [0.5, 0.6) is 0 Å². The van der Waals surface area contributed by atoms with Crippen LogP contribution >= 0.6 is 0 Å². The summed E-state index contributed by atoms with van der Waals surface area (Å²) in [6.45, 7) is 2.70. The predicted molar refractivity (Wildman–Crippen MR) is 66.9 cm³/mol. The summed E-state index contributed by atoms with van der Waals surface area (Å²) in [4.78, 5) is 13.4. The average molecular weight is 251 g/mol. The zero-order valence-electron chi connectivity index (χ0n) is 10.7.